The van der Waals surface area contributed by atoms with Gasteiger partial charge in [0.2, 0.25) is 0 Å². The maximum Gasteiger partial charge on any atom is 0.270 e. The Bertz CT molecular complexity index is 1140. The first kappa shape index (κ1) is 18.1. The van der Waals surface area contributed by atoms with E-state index in [0.717, 1.165) is 15.6 Å². The maximum atomic E-state index is 13.0. The van der Waals surface area contributed by atoms with E-state index in [2.05, 4.69) is 5.32 Å². The summed E-state index contributed by atoms with van der Waals surface area (Å²) in [5.74, 6) is -1.02. The lowest BCUT2D eigenvalue weighted by Crippen LogP contribution is -2.54. The molecule has 2 amide bonds. The largest absolute Gasteiger partial charge is 0.298 e. The molecule has 0 atom stereocenters. The quantitative estimate of drug-likeness (QED) is 0.350. The lowest BCUT2D eigenvalue weighted by molar-refractivity contribution is -0.122. The van der Waals surface area contributed by atoms with Crippen LogP contribution in [0.5, 0.6) is 0 Å². The lowest BCUT2D eigenvalue weighted by Gasteiger charge is -2.28. The molecule has 4 nitrogen and oxygen atoms in total. The van der Waals surface area contributed by atoms with E-state index in [-0.39, 0.29) is 10.7 Å². The molecule has 1 aliphatic rings. The van der Waals surface area contributed by atoms with Crippen molar-refractivity contribution in [2.24, 2.45) is 0 Å². The normalized spacial score (nSPS) is 16.3. The maximum absolute atomic E-state index is 13.0. The molecule has 4 rings (SSSR count). The fourth-order valence-electron chi connectivity index (χ4n) is 2.77. The number of nitrogens with zero attached hydrogens (tertiary/aromatic N) is 1. The number of fused-ring (bicyclic) bond motifs is 1. The van der Waals surface area contributed by atoms with Crippen LogP contribution in [0, 0.1) is 0 Å². The molecule has 134 valence electrons. The molecule has 8 heteroatoms. The zero-order chi connectivity index (χ0) is 19.1. The molecule has 27 heavy (non-hydrogen) atoms. The molecule has 2 heterocycles. The first-order valence-electron chi connectivity index (χ1n) is 7.78. The summed E-state index contributed by atoms with van der Waals surface area (Å²) >= 11 is 18.7. The Balaban J connectivity index is 1.79. The molecule has 2 aromatic carbocycles. The van der Waals surface area contributed by atoms with Crippen LogP contribution in [-0.2, 0) is 9.59 Å². The minimum absolute atomic E-state index is 0.00164. The summed E-state index contributed by atoms with van der Waals surface area (Å²) in [4.78, 5) is 26.7. The zero-order valence-corrected chi connectivity index (χ0v) is 16.7. The monoisotopic (exact) mass is 432 g/mol. The van der Waals surface area contributed by atoms with Crippen LogP contribution < -0.4 is 10.2 Å². The van der Waals surface area contributed by atoms with Gasteiger partial charge in [0.25, 0.3) is 11.8 Å². The topological polar surface area (TPSA) is 49.4 Å². The number of halogens is 2. The van der Waals surface area contributed by atoms with Crippen molar-refractivity contribution < 1.29 is 9.59 Å². The van der Waals surface area contributed by atoms with E-state index in [4.69, 9.17) is 35.4 Å². The molecule has 1 saturated heterocycles. The molecule has 0 unspecified atom stereocenters. The van der Waals surface area contributed by atoms with Gasteiger partial charge in [0.05, 0.1) is 5.69 Å². The van der Waals surface area contributed by atoms with Gasteiger partial charge in [-0.3, -0.25) is 19.8 Å². The lowest BCUT2D eigenvalue weighted by atomic mass is 10.1. The Morgan fingerprint density at radius 3 is 2.48 bits per heavy atom. The summed E-state index contributed by atoms with van der Waals surface area (Å²) in [5, 5.41) is 6.49. The molecule has 1 N–H and O–H groups in total. The molecule has 0 aliphatic carbocycles. The third kappa shape index (κ3) is 3.37. The number of benzene rings is 2. The molecule has 3 aromatic rings. The summed E-state index contributed by atoms with van der Waals surface area (Å²) in [7, 11) is 0. The Morgan fingerprint density at radius 2 is 1.74 bits per heavy atom. The summed E-state index contributed by atoms with van der Waals surface area (Å²) < 4.78 is 1.01. The highest BCUT2D eigenvalue weighted by molar-refractivity contribution is 7.80. The number of thiocarbonyl (C=S) groups is 1. The molecule has 1 aliphatic heterocycles. The average Bonchev–Trinajstić information content (AvgIpc) is 3.02. The molecular formula is C19H10Cl2N2O2S2. The fourth-order valence-corrected chi connectivity index (χ4v) is 4.25. The van der Waals surface area contributed by atoms with Gasteiger partial charge in [-0.2, -0.15) is 0 Å². The second-order valence-electron chi connectivity index (χ2n) is 5.77. The standard InChI is InChI=1S/C19H10Cl2N2O2S2/c20-11-1-4-13(5-2-11)23-18(25)15(17(24)22-19(23)26)7-10-9-27-16-6-3-12(21)8-14(10)16/h1-9H,(H,22,24,26)/b15-7+. The van der Waals surface area contributed by atoms with Crippen LogP contribution in [0.4, 0.5) is 5.69 Å². The van der Waals surface area contributed by atoms with Crippen molar-refractivity contribution in [3.8, 4) is 0 Å². The van der Waals surface area contributed by atoms with Crippen molar-refractivity contribution in [3.05, 3.63) is 69.0 Å². The summed E-state index contributed by atoms with van der Waals surface area (Å²) in [6.07, 6.45) is 1.57. The van der Waals surface area contributed by atoms with Crippen molar-refractivity contribution in [1.29, 1.82) is 0 Å². The second kappa shape index (κ2) is 7.05. The summed E-state index contributed by atoms with van der Waals surface area (Å²) in [5.41, 5.74) is 1.27. The van der Waals surface area contributed by atoms with E-state index in [9.17, 15) is 9.59 Å². The highest BCUT2D eigenvalue weighted by Gasteiger charge is 2.34. The highest BCUT2D eigenvalue weighted by atomic mass is 35.5. The number of hydrogen-bond acceptors (Lipinski definition) is 4. The second-order valence-corrected chi connectivity index (χ2v) is 7.94. The smallest absolute Gasteiger partial charge is 0.270 e. The van der Waals surface area contributed by atoms with Gasteiger partial charge in [-0.05, 0) is 71.7 Å². The number of anilines is 1. The van der Waals surface area contributed by atoms with E-state index >= 15 is 0 Å². The van der Waals surface area contributed by atoms with E-state index in [1.807, 2.05) is 17.5 Å². The summed E-state index contributed by atoms with van der Waals surface area (Å²) in [6.45, 7) is 0. The van der Waals surface area contributed by atoms with Gasteiger partial charge in [0, 0.05) is 20.1 Å². The van der Waals surface area contributed by atoms with Gasteiger partial charge in [-0.25, -0.2) is 0 Å². The van der Waals surface area contributed by atoms with Gasteiger partial charge < -0.3 is 0 Å². The molecule has 0 saturated carbocycles. The van der Waals surface area contributed by atoms with Gasteiger partial charge in [0.1, 0.15) is 5.57 Å². The zero-order valence-electron chi connectivity index (χ0n) is 13.5. The van der Waals surface area contributed by atoms with Crippen molar-refractivity contribution in [2.75, 3.05) is 4.90 Å². The Labute approximate surface area is 174 Å². The van der Waals surface area contributed by atoms with Gasteiger partial charge in [-0.1, -0.05) is 23.2 Å². The molecule has 0 bridgehead atoms. The predicted octanol–water partition coefficient (Wildman–Crippen LogP) is 5.04. The average molecular weight is 433 g/mol. The van der Waals surface area contributed by atoms with E-state index < -0.39 is 11.8 Å². The number of carbonyl (C=O) groups is 2. The van der Waals surface area contributed by atoms with Crippen LogP contribution in [0.25, 0.3) is 16.2 Å². The first-order chi connectivity index (χ1) is 12.9. The van der Waals surface area contributed by atoms with Crippen molar-refractivity contribution in [1.82, 2.24) is 5.32 Å². The van der Waals surface area contributed by atoms with E-state index in [1.54, 1.807) is 36.4 Å². The molecule has 0 spiro atoms. The number of carbonyl (C=O) groups excluding carboxylic acids is 2. The van der Waals surface area contributed by atoms with Crippen LogP contribution in [0.15, 0.2) is 53.4 Å². The molecule has 0 radical (unpaired) electrons. The Kier molecular flexibility index (Phi) is 4.74. The number of rotatable bonds is 2. The number of hydrogen-bond donors (Lipinski definition) is 1. The van der Waals surface area contributed by atoms with Crippen molar-refractivity contribution >= 4 is 85.5 Å². The third-order valence-corrected chi connectivity index (χ3v) is 5.81. The fraction of sp³-hybridized carbons (Fsp3) is 0. The minimum Gasteiger partial charge on any atom is -0.298 e. The van der Waals surface area contributed by atoms with Crippen LogP contribution in [0.2, 0.25) is 10.0 Å². The number of nitrogens with one attached hydrogen (secondary N) is 1. The first-order valence-corrected chi connectivity index (χ1v) is 9.82. The highest BCUT2D eigenvalue weighted by Crippen LogP contribution is 2.31. The van der Waals surface area contributed by atoms with Gasteiger partial charge in [-0.15, -0.1) is 11.3 Å². The van der Waals surface area contributed by atoms with Crippen LogP contribution in [0.1, 0.15) is 5.56 Å². The minimum atomic E-state index is -0.531. The molecular weight excluding hydrogens is 423 g/mol. The van der Waals surface area contributed by atoms with Crippen LogP contribution in [0.3, 0.4) is 0 Å². The SMILES string of the molecule is O=C1NC(=S)N(c2ccc(Cl)cc2)C(=O)/C1=C/c1csc2ccc(Cl)cc12. The van der Waals surface area contributed by atoms with E-state index in [1.165, 1.54) is 16.2 Å². The number of thiophene rings is 1. The van der Waals surface area contributed by atoms with Crippen molar-refractivity contribution in [3.63, 3.8) is 0 Å². The molecule has 1 fully saturated rings. The molecule has 1 aromatic heterocycles. The van der Waals surface area contributed by atoms with E-state index in [0.29, 0.717) is 15.7 Å². The third-order valence-electron chi connectivity index (χ3n) is 4.05. The number of amides is 2. The van der Waals surface area contributed by atoms with Gasteiger partial charge >= 0.3 is 0 Å². The predicted molar refractivity (Wildman–Crippen MR) is 114 cm³/mol. The van der Waals surface area contributed by atoms with Crippen LogP contribution >= 0.6 is 46.8 Å². The van der Waals surface area contributed by atoms with Crippen molar-refractivity contribution in [2.45, 2.75) is 0 Å². The summed E-state index contributed by atoms with van der Waals surface area (Å²) in [6, 6.07) is 12.2. The Hall–Kier alpha value is -2.25. The van der Waals surface area contributed by atoms with Crippen LogP contribution in [-0.4, -0.2) is 16.9 Å². The van der Waals surface area contributed by atoms with Gasteiger partial charge in [0.15, 0.2) is 5.11 Å². The Morgan fingerprint density at radius 1 is 1.04 bits per heavy atom.